The Bertz CT molecular complexity index is 934. The largest absolute Gasteiger partial charge is 0.237 e. The summed E-state index contributed by atoms with van der Waals surface area (Å²) in [5.41, 5.74) is 3.81. The average Bonchev–Trinajstić information content (AvgIpc) is 2.79. The summed E-state index contributed by atoms with van der Waals surface area (Å²) in [4.78, 5) is 5.95. The molecule has 0 N–H and O–H groups in total. The predicted octanol–water partition coefficient (Wildman–Crippen LogP) is 5.22. The van der Waals surface area contributed by atoms with E-state index >= 15 is 0 Å². The molecule has 0 unspecified atom stereocenters. The minimum atomic E-state index is 1.08. The molecule has 0 aliphatic heterocycles. The highest BCUT2D eigenvalue weighted by molar-refractivity contribution is 7.25. The van der Waals surface area contributed by atoms with Crippen molar-refractivity contribution in [2.24, 2.45) is 0 Å². The molecule has 0 spiro atoms. The molecule has 0 radical (unpaired) electrons. The maximum Gasteiger partial charge on any atom is 0.125 e. The molecule has 2 heteroatoms. The Kier molecular flexibility index (Phi) is 2.18. The first-order valence-corrected chi connectivity index (χ1v) is 7.24. The Balaban J connectivity index is 2.25. The summed E-state index contributed by atoms with van der Waals surface area (Å²) >= 11 is 1.81. The third-order valence-electron chi connectivity index (χ3n) is 3.85. The van der Waals surface area contributed by atoms with E-state index in [2.05, 4.69) is 50.2 Å². The van der Waals surface area contributed by atoms with Crippen LogP contribution in [0.15, 0.2) is 42.5 Å². The number of pyridine rings is 1. The van der Waals surface area contributed by atoms with Gasteiger partial charge in [-0.25, -0.2) is 4.98 Å². The van der Waals surface area contributed by atoms with Crippen LogP contribution < -0.4 is 0 Å². The summed E-state index contributed by atoms with van der Waals surface area (Å²) in [7, 11) is 0. The minimum absolute atomic E-state index is 1.08. The first kappa shape index (κ1) is 10.9. The normalized spacial score (nSPS) is 11.7. The predicted molar refractivity (Wildman–Crippen MR) is 84.1 cm³/mol. The van der Waals surface area contributed by atoms with Crippen LogP contribution in [0.2, 0.25) is 0 Å². The number of aromatic nitrogens is 1. The fourth-order valence-corrected chi connectivity index (χ4v) is 3.82. The smallest absolute Gasteiger partial charge is 0.125 e. The lowest BCUT2D eigenvalue weighted by Gasteiger charge is -2.00. The van der Waals surface area contributed by atoms with Crippen LogP contribution >= 0.6 is 11.3 Å². The van der Waals surface area contributed by atoms with Gasteiger partial charge < -0.3 is 0 Å². The van der Waals surface area contributed by atoms with Crippen molar-refractivity contribution >= 4 is 42.5 Å². The van der Waals surface area contributed by atoms with E-state index in [1.54, 1.807) is 11.3 Å². The lowest BCUT2D eigenvalue weighted by atomic mass is 10.1. The molecule has 0 aliphatic carbocycles. The van der Waals surface area contributed by atoms with Crippen LogP contribution in [0.4, 0.5) is 0 Å². The summed E-state index contributed by atoms with van der Waals surface area (Å²) in [6.07, 6.45) is 0. The van der Waals surface area contributed by atoms with Gasteiger partial charge in [0.2, 0.25) is 0 Å². The molecule has 2 aromatic heterocycles. The van der Waals surface area contributed by atoms with Gasteiger partial charge in [-0.05, 0) is 37.1 Å². The minimum Gasteiger partial charge on any atom is -0.237 e. The van der Waals surface area contributed by atoms with Crippen LogP contribution in [0.25, 0.3) is 31.2 Å². The zero-order valence-electron chi connectivity index (χ0n) is 10.9. The molecule has 0 saturated carbocycles. The van der Waals surface area contributed by atoms with E-state index in [9.17, 15) is 0 Å². The van der Waals surface area contributed by atoms with Crippen molar-refractivity contribution in [3.05, 3.63) is 53.6 Å². The van der Waals surface area contributed by atoms with Gasteiger partial charge in [0.25, 0.3) is 0 Å². The Morgan fingerprint density at radius 1 is 0.947 bits per heavy atom. The molecule has 19 heavy (non-hydrogen) atoms. The maximum atomic E-state index is 4.80. The van der Waals surface area contributed by atoms with Gasteiger partial charge in [0, 0.05) is 20.9 Å². The van der Waals surface area contributed by atoms with Crippen LogP contribution in [-0.4, -0.2) is 4.98 Å². The molecule has 0 amide bonds. The molecule has 0 bridgehead atoms. The monoisotopic (exact) mass is 263 g/mol. The van der Waals surface area contributed by atoms with E-state index in [-0.39, 0.29) is 0 Å². The molecule has 0 atom stereocenters. The zero-order valence-corrected chi connectivity index (χ0v) is 11.7. The number of rotatable bonds is 0. The van der Waals surface area contributed by atoms with E-state index in [0.29, 0.717) is 0 Å². The van der Waals surface area contributed by atoms with Gasteiger partial charge in [-0.15, -0.1) is 11.3 Å². The Morgan fingerprint density at radius 3 is 2.68 bits per heavy atom. The van der Waals surface area contributed by atoms with Gasteiger partial charge in [0.15, 0.2) is 0 Å². The summed E-state index contributed by atoms with van der Waals surface area (Å²) < 4.78 is 1.37. The number of hydrogen-bond donors (Lipinski definition) is 0. The number of para-hydroxylation sites is 1. The Hall–Kier alpha value is -1.93. The lowest BCUT2D eigenvalue weighted by Crippen LogP contribution is -1.79. The SMILES string of the molecule is Cc1ccc2c(sc3nc4ccccc4cc32)c1C. The first-order chi connectivity index (χ1) is 9.24. The van der Waals surface area contributed by atoms with E-state index in [4.69, 9.17) is 4.98 Å². The number of aryl methyl sites for hydroxylation is 2. The second-order valence-corrected chi connectivity index (χ2v) is 6.02. The summed E-state index contributed by atoms with van der Waals surface area (Å²) in [5, 5.41) is 3.83. The zero-order chi connectivity index (χ0) is 13.0. The van der Waals surface area contributed by atoms with E-state index in [1.807, 2.05) is 6.07 Å². The van der Waals surface area contributed by atoms with Gasteiger partial charge in [-0.2, -0.15) is 0 Å². The van der Waals surface area contributed by atoms with E-state index < -0.39 is 0 Å². The number of nitrogens with zero attached hydrogens (tertiary/aromatic N) is 1. The van der Waals surface area contributed by atoms with Crippen LogP contribution in [0.5, 0.6) is 0 Å². The molecule has 4 aromatic rings. The summed E-state index contributed by atoms with van der Waals surface area (Å²) in [5.74, 6) is 0. The number of benzene rings is 2. The van der Waals surface area contributed by atoms with Crippen LogP contribution in [0, 0.1) is 13.8 Å². The molecule has 0 aliphatic rings. The third-order valence-corrected chi connectivity index (χ3v) is 5.09. The molecule has 2 aromatic carbocycles. The fourth-order valence-electron chi connectivity index (χ4n) is 2.60. The Morgan fingerprint density at radius 2 is 1.79 bits per heavy atom. The summed E-state index contributed by atoms with van der Waals surface area (Å²) in [6, 6.07) is 15.0. The molecule has 92 valence electrons. The number of thiophene rings is 1. The highest BCUT2D eigenvalue weighted by atomic mass is 32.1. The number of fused-ring (bicyclic) bond motifs is 4. The molecule has 4 rings (SSSR count). The van der Waals surface area contributed by atoms with Gasteiger partial charge in [0.05, 0.1) is 5.52 Å². The van der Waals surface area contributed by atoms with Gasteiger partial charge in [0.1, 0.15) is 4.83 Å². The van der Waals surface area contributed by atoms with Crippen molar-refractivity contribution in [3.8, 4) is 0 Å². The van der Waals surface area contributed by atoms with Crippen molar-refractivity contribution in [2.75, 3.05) is 0 Å². The maximum absolute atomic E-state index is 4.80. The molecular weight excluding hydrogens is 250 g/mol. The number of hydrogen-bond acceptors (Lipinski definition) is 2. The van der Waals surface area contributed by atoms with E-state index in [1.165, 1.54) is 32.0 Å². The standard InChI is InChI=1S/C17H13NS/c1-10-7-8-13-14-9-12-5-3-4-6-15(12)18-17(14)19-16(13)11(10)2/h3-9H,1-2H3. The quantitative estimate of drug-likeness (QED) is 0.424. The highest BCUT2D eigenvalue weighted by Gasteiger charge is 2.10. The van der Waals surface area contributed by atoms with Gasteiger partial charge >= 0.3 is 0 Å². The molecule has 2 heterocycles. The molecule has 0 fully saturated rings. The van der Waals surface area contributed by atoms with Crippen molar-refractivity contribution in [1.82, 2.24) is 4.98 Å². The first-order valence-electron chi connectivity index (χ1n) is 6.42. The van der Waals surface area contributed by atoms with Crippen LogP contribution in [-0.2, 0) is 0 Å². The average molecular weight is 263 g/mol. The topological polar surface area (TPSA) is 12.9 Å². The fraction of sp³-hybridized carbons (Fsp3) is 0.118. The van der Waals surface area contributed by atoms with Crippen molar-refractivity contribution in [1.29, 1.82) is 0 Å². The highest BCUT2D eigenvalue weighted by Crippen LogP contribution is 2.37. The van der Waals surface area contributed by atoms with Crippen LogP contribution in [0.1, 0.15) is 11.1 Å². The van der Waals surface area contributed by atoms with Gasteiger partial charge in [-0.1, -0.05) is 30.3 Å². The van der Waals surface area contributed by atoms with Crippen LogP contribution in [0.3, 0.4) is 0 Å². The molecule has 1 nitrogen and oxygen atoms in total. The second kappa shape index (κ2) is 3.78. The Labute approximate surface area is 115 Å². The molecular formula is C17H13NS. The third kappa shape index (κ3) is 1.50. The van der Waals surface area contributed by atoms with Crippen molar-refractivity contribution in [2.45, 2.75) is 13.8 Å². The van der Waals surface area contributed by atoms with Crippen molar-refractivity contribution in [3.63, 3.8) is 0 Å². The second-order valence-electron chi connectivity index (χ2n) is 5.02. The van der Waals surface area contributed by atoms with E-state index in [0.717, 1.165) is 10.3 Å². The van der Waals surface area contributed by atoms with Crippen molar-refractivity contribution < 1.29 is 0 Å². The lowest BCUT2D eigenvalue weighted by molar-refractivity contribution is 1.39. The summed E-state index contributed by atoms with van der Waals surface area (Å²) in [6.45, 7) is 4.37. The van der Waals surface area contributed by atoms with Gasteiger partial charge in [-0.3, -0.25) is 0 Å². The molecule has 0 saturated heterocycles.